The van der Waals surface area contributed by atoms with E-state index in [2.05, 4.69) is 19.2 Å². The van der Waals surface area contributed by atoms with Crippen LogP contribution in [0.25, 0.3) is 0 Å². The zero-order valence-corrected chi connectivity index (χ0v) is 11.6. The van der Waals surface area contributed by atoms with Crippen molar-refractivity contribution in [3.8, 4) is 0 Å². The summed E-state index contributed by atoms with van der Waals surface area (Å²) in [6.45, 7) is 6.69. The van der Waals surface area contributed by atoms with Crippen LogP contribution in [0.1, 0.15) is 65.2 Å². The van der Waals surface area contributed by atoms with Crippen LogP contribution >= 0.6 is 0 Å². The molecule has 2 aliphatic rings. The van der Waals surface area contributed by atoms with E-state index in [4.69, 9.17) is 4.74 Å². The monoisotopic (exact) mass is 239 g/mol. The van der Waals surface area contributed by atoms with Crippen LogP contribution in [0.3, 0.4) is 0 Å². The van der Waals surface area contributed by atoms with Crippen molar-refractivity contribution < 1.29 is 4.74 Å². The molecule has 0 aromatic carbocycles. The Morgan fingerprint density at radius 1 is 1.18 bits per heavy atom. The number of hydrogen-bond acceptors (Lipinski definition) is 2. The smallest absolute Gasteiger partial charge is 0.0810 e. The van der Waals surface area contributed by atoms with E-state index in [-0.39, 0.29) is 5.60 Å². The Morgan fingerprint density at radius 3 is 2.59 bits per heavy atom. The molecule has 0 radical (unpaired) electrons. The van der Waals surface area contributed by atoms with E-state index in [0.29, 0.717) is 6.10 Å². The fourth-order valence-corrected chi connectivity index (χ4v) is 3.55. The van der Waals surface area contributed by atoms with E-state index in [1.807, 2.05) is 0 Å². The van der Waals surface area contributed by atoms with Gasteiger partial charge >= 0.3 is 0 Å². The second-order valence-electron chi connectivity index (χ2n) is 6.18. The van der Waals surface area contributed by atoms with Crippen LogP contribution in [0.4, 0.5) is 0 Å². The highest BCUT2D eigenvalue weighted by Crippen LogP contribution is 2.37. The lowest BCUT2D eigenvalue weighted by atomic mass is 9.88. The first-order valence-electron chi connectivity index (χ1n) is 7.63. The highest BCUT2D eigenvalue weighted by Gasteiger charge is 2.37. The SMILES string of the molecule is CCNCC1(OC2CCCC(C)C2)CCCC1. The van der Waals surface area contributed by atoms with Crippen LogP contribution in [-0.4, -0.2) is 24.8 Å². The van der Waals surface area contributed by atoms with Crippen LogP contribution < -0.4 is 5.32 Å². The van der Waals surface area contributed by atoms with Gasteiger partial charge in [-0.2, -0.15) is 0 Å². The standard InChI is InChI=1S/C15H29NO/c1-3-16-12-15(9-4-5-10-15)17-14-8-6-7-13(2)11-14/h13-14,16H,3-12H2,1-2H3. The molecule has 2 aliphatic carbocycles. The summed E-state index contributed by atoms with van der Waals surface area (Å²) in [6, 6.07) is 0. The van der Waals surface area contributed by atoms with E-state index in [1.54, 1.807) is 0 Å². The van der Waals surface area contributed by atoms with Crippen LogP contribution in [0, 0.1) is 5.92 Å². The van der Waals surface area contributed by atoms with Gasteiger partial charge in [0.1, 0.15) is 0 Å². The van der Waals surface area contributed by atoms with E-state index in [9.17, 15) is 0 Å². The van der Waals surface area contributed by atoms with Crippen LogP contribution in [0.5, 0.6) is 0 Å². The lowest BCUT2D eigenvalue weighted by Crippen LogP contribution is -2.44. The van der Waals surface area contributed by atoms with Gasteiger partial charge in [0.2, 0.25) is 0 Å². The molecule has 2 rings (SSSR count). The molecule has 0 bridgehead atoms. The van der Waals surface area contributed by atoms with Gasteiger partial charge in [-0.15, -0.1) is 0 Å². The topological polar surface area (TPSA) is 21.3 Å². The molecule has 2 nitrogen and oxygen atoms in total. The average Bonchev–Trinajstić information content (AvgIpc) is 2.75. The molecule has 0 aromatic heterocycles. The molecule has 0 amide bonds. The van der Waals surface area contributed by atoms with Crippen molar-refractivity contribution in [2.24, 2.45) is 5.92 Å². The summed E-state index contributed by atoms with van der Waals surface area (Å²) in [7, 11) is 0. The van der Waals surface area contributed by atoms with E-state index in [1.165, 1.54) is 51.4 Å². The number of likely N-dealkylation sites (N-methyl/N-ethyl adjacent to an activating group) is 1. The minimum Gasteiger partial charge on any atom is -0.370 e. The highest BCUT2D eigenvalue weighted by molar-refractivity contribution is 4.90. The first-order valence-corrected chi connectivity index (χ1v) is 7.63. The van der Waals surface area contributed by atoms with Crippen molar-refractivity contribution in [3.05, 3.63) is 0 Å². The minimum absolute atomic E-state index is 0.178. The summed E-state index contributed by atoms with van der Waals surface area (Å²) in [4.78, 5) is 0. The molecule has 0 aliphatic heterocycles. The number of ether oxygens (including phenoxy) is 1. The van der Waals surface area contributed by atoms with Crippen LogP contribution in [-0.2, 0) is 4.74 Å². The zero-order chi connectivity index (χ0) is 12.1. The predicted octanol–water partition coefficient (Wildman–Crippen LogP) is 3.50. The molecule has 0 saturated heterocycles. The maximum Gasteiger partial charge on any atom is 0.0810 e. The zero-order valence-electron chi connectivity index (χ0n) is 11.6. The fourth-order valence-electron chi connectivity index (χ4n) is 3.55. The van der Waals surface area contributed by atoms with Crippen molar-refractivity contribution in [2.75, 3.05) is 13.1 Å². The highest BCUT2D eigenvalue weighted by atomic mass is 16.5. The molecule has 17 heavy (non-hydrogen) atoms. The Hall–Kier alpha value is -0.0800. The second kappa shape index (κ2) is 6.19. The molecule has 100 valence electrons. The lowest BCUT2D eigenvalue weighted by molar-refractivity contribution is -0.105. The Kier molecular flexibility index (Phi) is 4.87. The van der Waals surface area contributed by atoms with Gasteiger partial charge in [-0.25, -0.2) is 0 Å². The Labute approximate surface area is 107 Å². The number of nitrogens with one attached hydrogen (secondary N) is 1. The summed E-state index contributed by atoms with van der Waals surface area (Å²) in [5, 5.41) is 3.51. The molecule has 2 heteroatoms. The van der Waals surface area contributed by atoms with E-state index >= 15 is 0 Å². The maximum atomic E-state index is 6.55. The van der Waals surface area contributed by atoms with Crippen LogP contribution in [0.2, 0.25) is 0 Å². The van der Waals surface area contributed by atoms with Crippen molar-refractivity contribution >= 4 is 0 Å². The fraction of sp³-hybridized carbons (Fsp3) is 1.00. The van der Waals surface area contributed by atoms with Gasteiger partial charge in [-0.05, 0) is 38.1 Å². The summed E-state index contributed by atoms with van der Waals surface area (Å²) in [5.41, 5.74) is 0.178. The number of hydrogen-bond donors (Lipinski definition) is 1. The number of rotatable bonds is 5. The largest absolute Gasteiger partial charge is 0.370 e. The maximum absolute atomic E-state index is 6.55. The van der Waals surface area contributed by atoms with Crippen LogP contribution in [0.15, 0.2) is 0 Å². The molecule has 2 fully saturated rings. The minimum atomic E-state index is 0.178. The van der Waals surface area contributed by atoms with Gasteiger partial charge in [-0.3, -0.25) is 0 Å². The van der Waals surface area contributed by atoms with Gasteiger partial charge in [0.25, 0.3) is 0 Å². The second-order valence-corrected chi connectivity index (χ2v) is 6.18. The van der Waals surface area contributed by atoms with Gasteiger partial charge < -0.3 is 10.1 Å². The molecule has 2 unspecified atom stereocenters. The van der Waals surface area contributed by atoms with E-state index < -0.39 is 0 Å². The van der Waals surface area contributed by atoms with Gasteiger partial charge in [0.15, 0.2) is 0 Å². The third-order valence-electron chi connectivity index (χ3n) is 4.52. The normalized spacial score (nSPS) is 32.8. The molecular formula is C15H29NO. The van der Waals surface area contributed by atoms with Gasteiger partial charge in [-0.1, -0.05) is 39.5 Å². The van der Waals surface area contributed by atoms with Crippen molar-refractivity contribution in [1.29, 1.82) is 0 Å². The molecule has 1 N–H and O–H groups in total. The molecule has 0 aromatic rings. The Balaban J connectivity index is 1.87. The average molecular weight is 239 g/mol. The summed E-state index contributed by atoms with van der Waals surface area (Å²) in [6.07, 6.45) is 11.1. The molecule has 2 saturated carbocycles. The molecule has 0 heterocycles. The quantitative estimate of drug-likeness (QED) is 0.793. The van der Waals surface area contributed by atoms with Gasteiger partial charge in [0, 0.05) is 6.54 Å². The Bertz CT molecular complexity index is 223. The van der Waals surface area contributed by atoms with Crippen molar-refractivity contribution in [3.63, 3.8) is 0 Å². The third kappa shape index (κ3) is 3.69. The Morgan fingerprint density at radius 2 is 1.94 bits per heavy atom. The first kappa shape index (κ1) is 13.4. The summed E-state index contributed by atoms with van der Waals surface area (Å²) in [5.74, 6) is 0.867. The lowest BCUT2D eigenvalue weighted by Gasteiger charge is -2.37. The van der Waals surface area contributed by atoms with Crippen molar-refractivity contribution in [2.45, 2.75) is 76.9 Å². The van der Waals surface area contributed by atoms with Gasteiger partial charge in [0.05, 0.1) is 11.7 Å². The van der Waals surface area contributed by atoms with Crippen molar-refractivity contribution in [1.82, 2.24) is 5.32 Å². The molecular weight excluding hydrogens is 210 g/mol. The molecule has 0 spiro atoms. The first-order chi connectivity index (χ1) is 8.24. The summed E-state index contributed by atoms with van der Waals surface area (Å²) < 4.78 is 6.55. The summed E-state index contributed by atoms with van der Waals surface area (Å²) >= 11 is 0. The third-order valence-corrected chi connectivity index (χ3v) is 4.52. The van der Waals surface area contributed by atoms with E-state index in [0.717, 1.165) is 19.0 Å². The molecule has 2 atom stereocenters. The predicted molar refractivity (Wildman–Crippen MR) is 72.2 cm³/mol.